The van der Waals surface area contributed by atoms with Crippen LogP contribution in [0, 0.1) is 12.7 Å². The molecule has 0 fully saturated rings. The molecule has 4 aromatic rings. The van der Waals surface area contributed by atoms with Gasteiger partial charge in [-0.05, 0) is 43.3 Å². The number of benzene rings is 2. The van der Waals surface area contributed by atoms with Gasteiger partial charge >= 0.3 is 0 Å². The minimum atomic E-state index is -0.383. The van der Waals surface area contributed by atoms with Gasteiger partial charge in [-0.2, -0.15) is 9.36 Å². The third-order valence-corrected chi connectivity index (χ3v) is 5.07. The van der Waals surface area contributed by atoms with Crippen molar-refractivity contribution in [2.24, 2.45) is 0 Å². The SMILES string of the molecule is COc1cc(OC)cc(C(=O)Nc2nc(-c3nnn(-c4ccc(F)cc4)c3C)ns2)c1. The van der Waals surface area contributed by atoms with E-state index in [1.807, 2.05) is 0 Å². The highest BCUT2D eigenvalue weighted by Gasteiger charge is 2.18. The van der Waals surface area contributed by atoms with Gasteiger partial charge in [-0.15, -0.1) is 5.10 Å². The molecule has 0 saturated heterocycles. The lowest BCUT2D eigenvalue weighted by atomic mass is 10.2. The van der Waals surface area contributed by atoms with Gasteiger partial charge in [-0.1, -0.05) is 5.21 Å². The third kappa shape index (κ3) is 4.21. The smallest absolute Gasteiger partial charge is 0.257 e. The maximum atomic E-state index is 13.2. The van der Waals surface area contributed by atoms with Gasteiger partial charge in [0.25, 0.3) is 5.91 Å². The molecule has 158 valence electrons. The van der Waals surface area contributed by atoms with E-state index in [-0.39, 0.29) is 11.7 Å². The Morgan fingerprint density at radius 3 is 2.42 bits per heavy atom. The van der Waals surface area contributed by atoms with Crippen LogP contribution in [0.1, 0.15) is 16.1 Å². The summed E-state index contributed by atoms with van der Waals surface area (Å²) in [5.41, 5.74) is 2.16. The lowest BCUT2D eigenvalue weighted by molar-refractivity contribution is 0.102. The summed E-state index contributed by atoms with van der Waals surface area (Å²) in [7, 11) is 3.02. The van der Waals surface area contributed by atoms with Crippen molar-refractivity contribution in [3.63, 3.8) is 0 Å². The standard InChI is InChI=1S/C20H17FN6O3S/c1-11-17(24-26-27(11)14-6-4-13(21)5-7-14)18-22-20(31-25-18)23-19(28)12-8-15(29-2)10-16(9-12)30-3/h4-10H,1-3H3,(H,22,23,25,28). The molecule has 4 rings (SSSR count). The normalized spacial score (nSPS) is 10.7. The fourth-order valence-corrected chi connectivity index (χ4v) is 3.41. The summed E-state index contributed by atoms with van der Waals surface area (Å²) in [5, 5.41) is 11.3. The first-order valence-electron chi connectivity index (χ1n) is 9.05. The number of anilines is 1. The van der Waals surface area contributed by atoms with Crippen LogP contribution in [0.25, 0.3) is 17.2 Å². The molecule has 11 heteroatoms. The van der Waals surface area contributed by atoms with Crippen molar-refractivity contribution in [2.75, 3.05) is 19.5 Å². The van der Waals surface area contributed by atoms with Crippen LogP contribution in [-0.2, 0) is 0 Å². The summed E-state index contributed by atoms with van der Waals surface area (Å²) in [6, 6.07) is 10.8. The number of carbonyl (C=O) groups is 1. The molecule has 0 unspecified atom stereocenters. The summed E-state index contributed by atoms with van der Waals surface area (Å²) in [6.07, 6.45) is 0. The van der Waals surface area contributed by atoms with Crippen LogP contribution in [0.4, 0.5) is 9.52 Å². The van der Waals surface area contributed by atoms with Gasteiger partial charge in [0.15, 0.2) is 11.5 Å². The van der Waals surface area contributed by atoms with Gasteiger partial charge < -0.3 is 9.47 Å². The molecular formula is C20H17FN6O3S. The molecule has 9 nitrogen and oxygen atoms in total. The molecule has 1 amide bonds. The number of carbonyl (C=O) groups excluding carboxylic acids is 1. The predicted octanol–water partition coefficient (Wildman–Crippen LogP) is 3.50. The Bertz CT molecular complexity index is 1220. The molecule has 0 aliphatic rings. The van der Waals surface area contributed by atoms with Crippen LogP contribution in [0.2, 0.25) is 0 Å². The second-order valence-electron chi connectivity index (χ2n) is 6.39. The first-order valence-corrected chi connectivity index (χ1v) is 9.82. The van der Waals surface area contributed by atoms with Gasteiger partial charge in [0.2, 0.25) is 5.13 Å². The highest BCUT2D eigenvalue weighted by Crippen LogP contribution is 2.26. The van der Waals surface area contributed by atoms with Crippen molar-refractivity contribution < 1.29 is 18.7 Å². The van der Waals surface area contributed by atoms with Gasteiger partial charge in [0.05, 0.1) is 25.6 Å². The molecule has 31 heavy (non-hydrogen) atoms. The minimum absolute atomic E-state index is 0.303. The average Bonchev–Trinajstić information content (AvgIpc) is 3.40. The summed E-state index contributed by atoms with van der Waals surface area (Å²) >= 11 is 1.02. The van der Waals surface area contributed by atoms with Crippen LogP contribution in [0.5, 0.6) is 11.5 Å². The van der Waals surface area contributed by atoms with Crippen LogP contribution >= 0.6 is 11.5 Å². The molecule has 0 aliphatic carbocycles. The first kappa shape index (κ1) is 20.4. The van der Waals surface area contributed by atoms with Gasteiger partial charge in [0.1, 0.15) is 17.3 Å². The van der Waals surface area contributed by atoms with E-state index in [9.17, 15) is 9.18 Å². The summed E-state index contributed by atoms with van der Waals surface area (Å²) in [5.74, 6) is 0.601. The highest BCUT2D eigenvalue weighted by molar-refractivity contribution is 7.10. The Morgan fingerprint density at radius 2 is 1.77 bits per heavy atom. The summed E-state index contributed by atoms with van der Waals surface area (Å²) in [6.45, 7) is 1.81. The molecule has 0 atom stereocenters. The third-order valence-electron chi connectivity index (χ3n) is 4.44. The lowest BCUT2D eigenvalue weighted by Crippen LogP contribution is -2.12. The molecule has 0 aliphatic heterocycles. The topological polar surface area (TPSA) is 104 Å². The molecule has 2 aromatic heterocycles. The number of hydrogen-bond donors (Lipinski definition) is 1. The van der Waals surface area contributed by atoms with E-state index in [2.05, 4.69) is 25.0 Å². The predicted molar refractivity (Wildman–Crippen MR) is 112 cm³/mol. The van der Waals surface area contributed by atoms with Crippen LogP contribution in [0.3, 0.4) is 0 Å². The highest BCUT2D eigenvalue weighted by atomic mass is 32.1. The van der Waals surface area contributed by atoms with Crippen LogP contribution < -0.4 is 14.8 Å². The number of hydrogen-bond acceptors (Lipinski definition) is 8. The molecule has 0 radical (unpaired) electrons. The van der Waals surface area contributed by atoms with E-state index in [1.54, 1.807) is 41.9 Å². The van der Waals surface area contributed by atoms with E-state index in [0.29, 0.717) is 45.1 Å². The second kappa shape index (κ2) is 8.48. The maximum Gasteiger partial charge on any atom is 0.257 e. The first-order chi connectivity index (χ1) is 15.0. The van der Waals surface area contributed by atoms with E-state index in [4.69, 9.17) is 9.47 Å². The largest absolute Gasteiger partial charge is 0.497 e. The Labute approximate surface area is 180 Å². The van der Waals surface area contributed by atoms with E-state index < -0.39 is 0 Å². The van der Waals surface area contributed by atoms with Crippen molar-refractivity contribution in [3.8, 4) is 28.7 Å². The van der Waals surface area contributed by atoms with Crippen molar-refractivity contribution in [2.45, 2.75) is 6.92 Å². The Hall–Kier alpha value is -3.86. The number of ether oxygens (including phenoxy) is 2. The van der Waals surface area contributed by atoms with E-state index in [1.165, 1.54) is 26.4 Å². The van der Waals surface area contributed by atoms with E-state index >= 15 is 0 Å². The monoisotopic (exact) mass is 440 g/mol. The molecule has 1 N–H and O–H groups in total. The molecule has 0 spiro atoms. The fourth-order valence-electron chi connectivity index (χ4n) is 2.84. The summed E-state index contributed by atoms with van der Waals surface area (Å²) < 4.78 is 29.4. The Morgan fingerprint density at radius 1 is 1.10 bits per heavy atom. The van der Waals surface area contributed by atoms with Crippen molar-refractivity contribution >= 4 is 22.6 Å². The number of aromatic nitrogens is 5. The van der Waals surface area contributed by atoms with Gasteiger partial charge in [-0.25, -0.2) is 9.07 Å². The average molecular weight is 440 g/mol. The molecule has 0 saturated carbocycles. The number of amides is 1. The minimum Gasteiger partial charge on any atom is -0.497 e. The lowest BCUT2D eigenvalue weighted by Gasteiger charge is -2.07. The number of nitrogens with one attached hydrogen (secondary N) is 1. The van der Waals surface area contributed by atoms with Crippen molar-refractivity contribution in [1.29, 1.82) is 0 Å². The van der Waals surface area contributed by atoms with E-state index in [0.717, 1.165) is 11.5 Å². The number of halogens is 1. The van der Waals surface area contributed by atoms with Gasteiger partial charge in [-0.3, -0.25) is 10.1 Å². The van der Waals surface area contributed by atoms with Crippen LogP contribution in [-0.4, -0.2) is 44.5 Å². The zero-order chi connectivity index (χ0) is 22.0. The zero-order valence-corrected chi connectivity index (χ0v) is 17.6. The van der Waals surface area contributed by atoms with Crippen LogP contribution in [0.15, 0.2) is 42.5 Å². The zero-order valence-electron chi connectivity index (χ0n) is 16.8. The molecular weight excluding hydrogens is 423 g/mol. The molecule has 0 bridgehead atoms. The quantitative estimate of drug-likeness (QED) is 0.489. The summed E-state index contributed by atoms with van der Waals surface area (Å²) in [4.78, 5) is 17.0. The molecule has 2 aromatic carbocycles. The fraction of sp³-hybridized carbons (Fsp3) is 0.150. The van der Waals surface area contributed by atoms with Crippen molar-refractivity contribution in [1.82, 2.24) is 24.4 Å². The number of nitrogens with zero attached hydrogens (tertiary/aromatic N) is 5. The Kier molecular flexibility index (Phi) is 5.58. The molecule has 2 heterocycles. The second-order valence-corrected chi connectivity index (χ2v) is 7.14. The Balaban J connectivity index is 1.55. The number of rotatable bonds is 6. The number of methoxy groups -OCH3 is 2. The van der Waals surface area contributed by atoms with Crippen molar-refractivity contribution in [3.05, 3.63) is 59.5 Å². The maximum absolute atomic E-state index is 13.2. The van der Waals surface area contributed by atoms with Gasteiger partial charge in [0, 0.05) is 23.2 Å².